The van der Waals surface area contributed by atoms with Gasteiger partial charge in [-0.1, -0.05) is 6.07 Å². The van der Waals surface area contributed by atoms with E-state index in [1.807, 2.05) is 30.5 Å². The van der Waals surface area contributed by atoms with Crippen molar-refractivity contribution in [1.29, 1.82) is 0 Å². The van der Waals surface area contributed by atoms with Gasteiger partial charge in [0.15, 0.2) is 0 Å². The van der Waals surface area contributed by atoms with E-state index in [1.165, 1.54) is 11.3 Å². The number of hydrogen-bond acceptors (Lipinski definition) is 10. The van der Waals surface area contributed by atoms with Crippen molar-refractivity contribution in [2.45, 2.75) is 44.8 Å². The average Bonchev–Trinajstić information content (AvgIpc) is 3.71. The molecule has 8 rings (SSSR count). The summed E-state index contributed by atoms with van der Waals surface area (Å²) in [6, 6.07) is 9.48. The largest absolute Gasteiger partial charge is 0.496 e. The fourth-order valence-electron chi connectivity index (χ4n) is 7.98. The number of ether oxygens (including phenoxy) is 2. The number of carbonyl (C=O) groups excluding carboxylic acids is 3. The van der Waals surface area contributed by atoms with E-state index in [2.05, 4.69) is 26.2 Å². The fraction of sp³-hybridized carbons (Fsp3) is 0.417. The number of methoxy groups -OCH3 is 2. The van der Waals surface area contributed by atoms with Crippen molar-refractivity contribution < 1.29 is 23.9 Å². The maximum atomic E-state index is 13.3. The number of fused-ring (bicyclic) bond motifs is 2. The number of thiazole rings is 1. The van der Waals surface area contributed by atoms with Crippen molar-refractivity contribution in [3.8, 4) is 22.6 Å². The Morgan fingerprint density at radius 3 is 2.43 bits per heavy atom. The summed E-state index contributed by atoms with van der Waals surface area (Å²) in [7, 11) is 5.10. The van der Waals surface area contributed by atoms with Crippen molar-refractivity contribution in [3.63, 3.8) is 0 Å². The number of nitrogens with one attached hydrogen (secondary N) is 1. The molecule has 12 nitrogen and oxygen atoms in total. The van der Waals surface area contributed by atoms with Gasteiger partial charge in [-0.2, -0.15) is 0 Å². The molecule has 49 heavy (non-hydrogen) atoms. The van der Waals surface area contributed by atoms with Gasteiger partial charge in [0.05, 0.1) is 30.8 Å². The Kier molecular flexibility index (Phi) is 7.71. The normalized spacial score (nSPS) is 20.5. The van der Waals surface area contributed by atoms with Gasteiger partial charge in [0, 0.05) is 68.1 Å². The number of imide groups is 1. The zero-order valence-corrected chi connectivity index (χ0v) is 28.6. The van der Waals surface area contributed by atoms with Gasteiger partial charge < -0.3 is 23.8 Å². The fourth-order valence-corrected chi connectivity index (χ4v) is 8.76. The lowest BCUT2D eigenvalue weighted by Gasteiger charge is -2.55. The molecule has 3 amide bonds. The first-order valence-electron chi connectivity index (χ1n) is 16.6. The van der Waals surface area contributed by atoms with Crippen LogP contribution in [0.1, 0.15) is 47.2 Å². The number of hydrogen-bond donors (Lipinski definition) is 1. The molecule has 1 spiro atoms. The van der Waals surface area contributed by atoms with Gasteiger partial charge >= 0.3 is 0 Å². The van der Waals surface area contributed by atoms with Crippen LogP contribution in [0.25, 0.3) is 21.3 Å². The summed E-state index contributed by atoms with van der Waals surface area (Å²) >= 11 is 1.35. The van der Waals surface area contributed by atoms with Gasteiger partial charge in [0.1, 0.15) is 22.2 Å². The molecular formula is C36H38N6O6S. The third kappa shape index (κ3) is 5.35. The lowest BCUT2D eigenvalue weighted by molar-refractivity contribution is -0.136. The van der Waals surface area contributed by atoms with Gasteiger partial charge in [-0.05, 0) is 67.7 Å². The van der Waals surface area contributed by atoms with Gasteiger partial charge in [-0.25, -0.2) is 4.98 Å². The summed E-state index contributed by atoms with van der Waals surface area (Å²) in [4.78, 5) is 60.9. The van der Waals surface area contributed by atoms with Crippen LogP contribution in [-0.2, 0) is 29.7 Å². The smallest absolute Gasteiger partial charge is 0.269 e. The van der Waals surface area contributed by atoms with Gasteiger partial charge in [0.2, 0.25) is 11.8 Å². The maximum absolute atomic E-state index is 13.3. The molecule has 4 aliphatic heterocycles. The van der Waals surface area contributed by atoms with E-state index in [0.717, 1.165) is 78.5 Å². The third-order valence-electron chi connectivity index (χ3n) is 10.8. The van der Waals surface area contributed by atoms with Crippen LogP contribution < -0.4 is 25.2 Å². The minimum atomic E-state index is -0.605. The molecule has 4 aliphatic rings. The standard InChI is InChI=1S/C36H38N6O6S/c1-39-16-25(31-32(35(39)46)49-20-37-31)22-12-28(47-2)26(29(13-22)48-3)17-40-10-8-36(9-11-40)18-41(19-36)23-5-4-21-15-42(34(45)24(21)14-23)27-6-7-30(43)38-33(27)44/h4-5,12-14,16,20,27H,6-11,15,17-19H2,1-3H3,(H,38,43,44). The summed E-state index contributed by atoms with van der Waals surface area (Å²) < 4.78 is 14.0. The number of carbonyl (C=O) groups is 3. The van der Waals surface area contributed by atoms with E-state index in [9.17, 15) is 19.2 Å². The molecule has 3 saturated heterocycles. The quantitative estimate of drug-likeness (QED) is 0.292. The summed E-state index contributed by atoms with van der Waals surface area (Å²) in [5, 5.41) is 2.37. The number of pyridine rings is 1. The highest BCUT2D eigenvalue weighted by Gasteiger charge is 2.46. The SMILES string of the molecule is COc1cc(-c2cn(C)c(=O)c3scnc23)cc(OC)c1CN1CCC2(CC1)CN(c1ccc3c(c1)C(=O)N(C1CCC(=O)NC1=O)C3)C2. The Morgan fingerprint density at radius 2 is 1.73 bits per heavy atom. The number of piperidine rings is 2. The molecule has 0 bridgehead atoms. The molecule has 254 valence electrons. The van der Waals surface area contributed by atoms with Crippen LogP contribution in [0.3, 0.4) is 0 Å². The third-order valence-corrected chi connectivity index (χ3v) is 11.6. The molecule has 6 heterocycles. The van der Waals surface area contributed by atoms with Gasteiger partial charge in [-0.3, -0.25) is 29.4 Å². The average molecular weight is 683 g/mol. The van der Waals surface area contributed by atoms with E-state index < -0.39 is 6.04 Å². The first kappa shape index (κ1) is 31.5. The number of anilines is 1. The molecule has 4 aromatic rings. The summed E-state index contributed by atoms with van der Waals surface area (Å²) in [5.41, 5.74) is 7.90. The minimum Gasteiger partial charge on any atom is -0.496 e. The van der Waals surface area contributed by atoms with E-state index in [0.29, 0.717) is 35.3 Å². The Morgan fingerprint density at radius 1 is 1.00 bits per heavy atom. The van der Waals surface area contributed by atoms with Crippen LogP contribution >= 0.6 is 11.3 Å². The second-order valence-corrected chi connectivity index (χ2v) is 14.6. The predicted octanol–water partition coefficient (Wildman–Crippen LogP) is 3.54. The van der Waals surface area contributed by atoms with Crippen LogP contribution in [-0.4, -0.2) is 83.5 Å². The number of likely N-dealkylation sites (tertiary alicyclic amines) is 1. The Labute approximate surface area is 287 Å². The second-order valence-electron chi connectivity index (χ2n) is 13.7. The van der Waals surface area contributed by atoms with E-state index >= 15 is 0 Å². The van der Waals surface area contributed by atoms with Crippen molar-refractivity contribution in [1.82, 2.24) is 24.7 Å². The number of amides is 3. The zero-order chi connectivity index (χ0) is 34.0. The number of aryl methyl sites for hydroxylation is 1. The van der Waals surface area contributed by atoms with Crippen molar-refractivity contribution >= 4 is 45.0 Å². The maximum Gasteiger partial charge on any atom is 0.269 e. The molecule has 0 saturated carbocycles. The topological polar surface area (TPSA) is 126 Å². The molecule has 13 heteroatoms. The lowest BCUT2D eigenvalue weighted by Crippen LogP contribution is -2.60. The Bertz CT molecular complexity index is 2050. The minimum absolute atomic E-state index is 0.0602. The first-order chi connectivity index (χ1) is 23.7. The number of aromatic nitrogens is 2. The lowest BCUT2D eigenvalue weighted by atomic mass is 9.71. The number of nitrogens with zero attached hydrogens (tertiary/aromatic N) is 5. The molecule has 1 unspecified atom stereocenters. The highest BCUT2D eigenvalue weighted by Crippen LogP contribution is 2.45. The van der Waals surface area contributed by atoms with Gasteiger partial charge in [-0.15, -0.1) is 11.3 Å². The number of benzene rings is 2. The molecule has 0 aliphatic carbocycles. The molecule has 2 aromatic heterocycles. The summed E-state index contributed by atoms with van der Waals surface area (Å²) in [6.45, 7) is 4.87. The van der Waals surface area contributed by atoms with Crippen LogP contribution in [0.4, 0.5) is 5.69 Å². The summed E-state index contributed by atoms with van der Waals surface area (Å²) in [6.07, 6.45) is 4.57. The number of rotatable bonds is 7. The Balaban J connectivity index is 0.925. The Hall–Kier alpha value is -4.75. The van der Waals surface area contributed by atoms with E-state index in [4.69, 9.17) is 9.47 Å². The molecule has 3 fully saturated rings. The summed E-state index contributed by atoms with van der Waals surface area (Å²) in [5.74, 6) is 0.671. The monoisotopic (exact) mass is 682 g/mol. The predicted molar refractivity (Wildman–Crippen MR) is 185 cm³/mol. The highest BCUT2D eigenvalue weighted by atomic mass is 32.1. The first-order valence-corrected chi connectivity index (χ1v) is 17.5. The van der Waals surface area contributed by atoms with Crippen molar-refractivity contribution in [2.75, 3.05) is 45.3 Å². The molecule has 1 atom stereocenters. The van der Waals surface area contributed by atoms with E-state index in [1.54, 1.807) is 36.2 Å². The van der Waals surface area contributed by atoms with Crippen molar-refractivity contribution in [2.24, 2.45) is 12.5 Å². The highest BCUT2D eigenvalue weighted by molar-refractivity contribution is 7.16. The second kappa shape index (κ2) is 12.0. The van der Waals surface area contributed by atoms with Crippen LogP contribution in [0.5, 0.6) is 11.5 Å². The van der Waals surface area contributed by atoms with Crippen molar-refractivity contribution in [3.05, 3.63) is 69.1 Å². The van der Waals surface area contributed by atoms with Gasteiger partial charge in [0.25, 0.3) is 11.5 Å². The zero-order valence-electron chi connectivity index (χ0n) is 27.8. The molecule has 0 radical (unpaired) electrons. The molecular weight excluding hydrogens is 644 g/mol. The van der Waals surface area contributed by atoms with Crippen LogP contribution in [0.15, 0.2) is 46.8 Å². The van der Waals surface area contributed by atoms with Crippen LogP contribution in [0.2, 0.25) is 0 Å². The molecule has 1 N–H and O–H groups in total. The van der Waals surface area contributed by atoms with E-state index in [-0.39, 0.29) is 35.1 Å². The molecule has 2 aromatic carbocycles. The van der Waals surface area contributed by atoms with Crippen LogP contribution in [0, 0.1) is 5.41 Å².